The van der Waals surface area contributed by atoms with Gasteiger partial charge in [-0.3, -0.25) is 4.79 Å². The quantitative estimate of drug-likeness (QED) is 0.0818. The fourth-order valence-corrected chi connectivity index (χ4v) is 7.34. The highest BCUT2D eigenvalue weighted by molar-refractivity contribution is 5.73. The number of carbonyl (C=O) groups is 1. The van der Waals surface area contributed by atoms with Gasteiger partial charge in [-0.25, -0.2) is 0 Å². The van der Waals surface area contributed by atoms with E-state index in [0.29, 0.717) is 0 Å². The first-order chi connectivity index (χ1) is 27.4. The van der Waals surface area contributed by atoms with E-state index in [1.54, 1.807) is 0 Å². The number of ether oxygens (including phenoxy) is 9. The molecule has 5 aliphatic rings. The Hall–Kier alpha value is -1.49. The van der Waals surface area contributed by atoms with Crippen molar-refractivity contribution in [1.29, 1.82) is 0 Å². The van der Waals surface area contributed by atoms with Gasteiger partial charge in [0.1, 0.15) is 116 Å². The van der Waals surface area contributed by atoms with Gasteiger partial charge in [0.25, 0.3) is 0 Å². The molecule has 5 saturated heterocycles. The molecule has 5 rings (SSSR count). The van der Waals surface area contributed by atoms with Crippen molar-refractivity contribution >= 4 is 5.91 Å². The summed E-state index contributed by atoms with van der Waals surface area (Å²) in [5, 5.41) is 160. The van der Waals surface area contributed by atoms with Gasteiger partial charge in [0.2, 0.25) is 5.91 Å². The molecule has 0 spiro atoms. The molecule has 26 heteroatoms. The predicted octanol–water partition coefficient (Wildman–Crippen LogP) is -10.8. The Morgan fingerprint density at radius 1 is 0.448 bits per heavy atom. The Balaban J connectivity index is 1.54. The first kappa shape index (κ1) is 47.6. The summed E-state index contributed by atoms with van der Waals surface area (Å²) in [7, 11) is 0. The standard InChI is InChI=1S/C32H55NO25/c1-7-14(39)19(44)21(46)30(50-7)58-27-26(57-31-22(47)20(45)15(40)9(3-34)53-31)18(43)12(6-37)54-32(27)55-24-13(33-8(2)38)29(52-11(5-36)16(24)41)56-25-17(42)10(4-35)51-28(49)23(25)48/h7,9-32,34-37,39-49H,3-6H2,1-2H3,(H,33,38)/t7-,9+,10+,11+,12+,13+,14+,15-,16-,17-,18-,19+,20-,21-,22+,23+,24+,25-,26-,27+,28+,29+,30-,31+,32-/m0/s1. The second kappa shape index (κ2) is 20.1. The molecule has 0 aromatic rings. The van der Waals surface area contributed by atoms with Gasteiger partial charge in [0.05, 0.1) is 32.5 Å². The summed E-state index contributed by atoms with van der Waals surface area (Å²) in [4.78, 5) is 12.6. The van der Waals surface area contributed by atoms with Crippen LogP contribution < -0.4 is 5.32 Å². The second-order valence-corrected chi connectivity index (χ2v) is 14.7. The maximum atomic E-state index is 12.6. The van der Waals surface area contributed by atoms with Gasteiger partial charge >= 0.3 is 0 Å². The number of hydrogen-bond acceptors (Lipinski definition) is 25. The predicted molar refractivity (Wildman–Crippen MR) is 177 cm³/mol. The maximum Gasteiger partial charge on any atom is 0.217 e. The van der Waals surface area contributed by atoms with Crippen LogP contribution in [0.25, 0.3) is 0 Å². The highest BCUT2D eigenvalue weighted by atomic mass is 16.8. The summed E-state index contributed by atoms with van der Waals surface area (Å²) in [6.07, 6.45) is -44.3. The van der Waals surface area contributed by atoms with Crippen LogP contribution in [0.15, 0.2) is 0 Å². The number of nitrogens with one attached hydrogen (secondary N) is 1. The monoisotopic (exact) mass is 853 g/mol. The fourth-order valence-electron chi connectivity index (χ4n) is 7.34. The van der Waals surface area contributed by atoms with Gasteiger partial charge in [-0.1, -0.05) is 0 Å². The van der Waals surface area contributed by atoms with Gasteiger partial charge in [-0.15, -0.1) is 0 Å². The summed E-state index contributed by atoms with van der Waals surface area (Å²) < 4.78 is 51.4. The Labute approximate surface area is 329 Å². The van der Waals surface area contributed by atoms with Crippen molar-refractivity contribution in [3.63, 3.8) is 0 Å². The van der Waals surface area contributed by atoms with Crippen molar-refractivity contribution in [3.8, 4) is 0 Å². The molecule has 16 N–H and O–H groups in total. The van der Waals surface area contributed by atoms with Crippen LogP contribution in [-0.2, 0) is 47.4 Å². The molecule has 0 aromatic heterocycles. The van der Waals surface area contributed by atoms with E-state index in [1.807, 2.05) is 0 Å². The molecular formula is C32H55NO25. The molecule has 0 aromatic carbocycles. The third-order valence-corrected chi connectivity index (χ3v) is 10.7. The molecule has 1 amide bonds. The van der Waals surface area contributed by atoms with Crippen LogP contribution in [0.4, 0.5) is 0 Å². The SMILES string of the molecule is CC(=O)N[C@H]1[C@@H](O[C@@H]2[C@@H](O)[C@H](O)O[C@H](CO)[C@@H]2O)O[C@H](CO)[C@H](O)[C@@H]1O[C@@H]1O[C@H](CO)[C@H](O)[C@H](O[C@H]2O[C@H](CO)[C@H](O)[C@H](O)[C@H]2O)[C@H]1O[C@@H]1O[C@@H](C)[C@@H](O)[C@@H](O)[C@@H]1O. The summed E-state index contributed by atoms with van der Waals surface area (Å²) in [6.45, 7) is -1.39. The van der Waals surface area contributed by atoms with Crippen LogP contribution >= 0.6 is 0 Å². The highest BCUT2D eigenvalue weighted by Crippen LogP contribution is 2.37. The lowest BCUT2D eigenvalue weighted by Gasteiger charge is -2.51. The lowest BCUT2D eigenvalue weighted by atomic mass is 9.94. The lowest BCUT2D eigenvalue weighted by molar-refractivity contribution is -0.403. The molecule has 5 aliphatic heterocycles. The van der Waals surface area contributed by atoms with Crippen LogP contribution in [0, 0.1) is 0 Å². The molecular weight excluding hydrogens is 798 g/mol. The smallest absolute Gasteiger partial charge is 0.217 e. The minimum Gasteiger partial charge on any atom is -0.394 e. The average Bonchev–Trinajstić information content (AvgIpc) is 3.19. The van der Waals surface area contributed by atoms with Crippen molar-refractivity contribution in [2.75, 3.05) is 26.4 Å². The van der Waals surface area contributed by atoms with Crippen molar-refractivity contribution in [1.82, 2.24) is 5.32 Å². The first-order valence-electron chi connectivity index (χ1n) is 18.5. The van der Waals surface area contributed by atoms with Crippen LogP contribution in [-0.4, -0.2) is 262 Å². The number of carbonyl (C=O) groups excluding carboxylic acids is 1. The zero-order valence-electron chi connectivity index (χ0n) is 31.1. The largest absolute Gasteiger partial charge is 0.394 e. The molecule has 0 unspecified atom stereocenters. The van der Waals surface area contributed by atoms with Gasteiger partial charge in [-0.05, 0) is 6.92 Å². The van der Waals surface area contributed by atoms with Crippen LogP contribution in [0.3, 0.4) is 0 Å². The van der Waals surface area contributed by atoms with Crippen molar-refractivity contribution in [2.24, 2.45) is 0 Å². The van der Waals surface area contributed by atoms with E-state index < -0.39 is 186 Å². The highest BCUT2D eigenvalue weighted by Gasteiger charge is 2.58. The molecule has 0 bridgehead atoms. The van der Waals surface area contributed by atoms with E-state index in [0.717, 1.165) is 6.92 Å². The third kappa shape index (κ3) is 9.75. The summed E-state index contributed by atoms with van der Waals surface area (Å²) in [5.41, 5.74) is 0. The molecule has 58 heavy (non-hydrogen) atoms. The van der Waals surface area contributed by atoms with Gasteiger partial charge < -0.3 is 125 Å². The number of aliphatic hydroxyl groups is 15. The number of rotatable bonds is 13. The number of aliphatic hydroxyl groups excluding tert-OH is 15. The molecule has 0 saturated carbocycles. The molecule has 0 radical (unpaired) electrons. The Kier molecular flexibility index (Phi) is 16.5. The zero-order valence-corrected chi connectivity index (χ0v) is 31.1. The average molecular weight is 854 g/mol. The van der Waals surface area contributed by atoms with Crippen LogP contribution in [0.5, 0.6) is 0 Å². The van der Waals surface area contributed by atoms with Gasteiger partial charge in [-0.2, -0.15) is 0 Å². The van der Waals surface area contributed by atoms with Gasteiger partial charge in [0.15, 0.2) is 31.5 Å². The zero-order chi connectivity index (χ0) is 42.9. The van der Waals surface area contributed by atoms with Crippen molar-refractivity contribution in [3.05, 3.63) is 0 Å². The third-order valence-electron chi connectivity index (χ3n) is 10.7. The summed E-state index contributed by atoms with van der Waals surface area (Å²) in [6, 6.07) is -1.72. The van der Waals surface area contributed by atoms with Crippen molar-refractivity contribution in [2.45, 2.75) is 167 Å². The number of amides is 1. The molecule has 25 atom stereocenters. The molecule has 5 heterocycles. The van der Waals surface area contributed by atoms with Crippen LogP contribution in [0.1, 0.15) is 13.8 Å². The topological polar surface area (TPSA) is 416 Å². The van der Waals surface area contributed by atoms with E-state index in [9.17, 15) is 81.4 Å². The summed E-state index contributed by atoms with van der Waals surface area (Å²) >= 11 is 0. The Bertz CT molecular complexity index is 1310. The van der Waals surface area contributed by atoms with Gasteiger partial charge in [0, 0.05) is 6.92 Å². The lowest BCUT2D eigenvalue weighted by Crippen LogP contribution is -2.71. The molecule has 26 nitrogen and oxygen atoms in total. The molecule has 5 fully saturated rings. The van der Waals surface area contributed by atoms with E-state index in [2.05, 4.69) is 5.32 Å². The second-order valence-electron chi connectivity index (χ2n) is 14.7. The minimum absolute atomic E-state index is 0.822. The Morgan fingerprint density at radius 2 is 0.862 bits per heavy atom. The molecule has 0 aliphatic carbocycles. The van der Waals surface area contributed by atoms with E-state index >= 15 is 0 Å². The number of hydrogen-bond donors (Lipinski definition) is 16. The van der Waals surface area contributed by atoms with E-state index in [1.165, 1.54) is 6.92 Å². The first-order valence-corrected chi connectivity index (χ1v) is 18.5. The fraction of sp³-hybridized carbons (Fsp3) is 0.969. The van der Waals surface area contributed by atoms with E-state index in [-0.39, 0.29) is 0 Å². The Morgan fingerprint density at radius 3 is 1.43 bits per heavy atom. The van der Waals surface area contributed by atoms with Crippen LogP contribution in [0.2, 0.25) is 0 Å². The molecule has 338 valence electrons. The summed E-state index contributed by atoms with van der Waals surface area (Å²) in [5.74, 6) is -0.822. The van der Waals surface area contributed by atoms with E-state index in [4.69, 9.17) is 42.6 Å². The minimum atomic E-state index is -2.07. The normalized spacial score (nSPS) is 51.6. The maximum absolute atomic E-state index is 12.6. The van der Waals surface area contributed by atoms with Crippen molar-refractivity contribution < 1.29 is 124 Å².